The zero-order chi connectivity index (χ0) is 18.6. The van der Waals surface area contributed by atoms with Crippen molar-refractivity contribution >= 4 is 6.09 Å². The lowest BCUT2D eigenvalue weighted by Gasteiger charge is -2.26. The molecular formula is C20H32N2O3. The maximum atomic E-state index is 11.9. The summed E-state index contributed by atoms with van der Waals surface area (Å²) in [6, 6.07) is 6.09. The van der Waals surface area contributed by atoms with E-state index in [0.717, 1.165) is 24.8 Å². The van der Waals surface area contributed by atoms with E-state index < -0.39 is 5.60 Å². The van der Waals surface area contributed by atoms with Crippen molar-refractivity contribution in [1.82, 2.24) is 10.6 Å². The summed E-state index contributed by atoms with van der Waals surface area (Å²) in [6.45, 7) is 10.5. The van der Waals surface area contributed by atoms with Crippen molar-refractivity contribution in [2.45, 2.75) is 71.6 Å². The van der Waals surface area contributed by atoms with Gasteiger partial charge in [-0.05, 0) is 63.1 Å². The number of alkyl carbamates (subject to hydrolysis) is 1. The van der Waals surface area contributed by atoms with Crippen LogP contribution in [0.3, 0.4) is 0 Å². The van der Waals surface area contributed by atoms with E-state index in [9.17, 15) is 9.90 Å². The van der Waals surface area contributed by atoms with Crippen LogP contribution in [0.2, 0.25) is 0 Å². The summed E-state index contributed by atoms with van der Waals surface area (Å²) >= 11 is 0. The minimum absolute atomic E-state index is 0.158. The lowest BCUT2D eigenvalue weighted by Crippen LogP contribution is -2.44. The number of hydrogen-bond acceptors (Lipinski definition) is 4. The Labute approximate surface area is 151 Å². The Morgan fingerprint density at radius 2 is 2.08 bits per heavy atom. The van der Waals surface area contributed by atoms with Crippen LogP contribution in [0.4, 0.5) is 4.79 Å². The molecule has 5 nitrogen and oxygen atoms in total. The van der Waals surface area contributed by atoms with Gasteiger partial charge in [-0.2, -0.15) is 0 Å². The molecule has 0 fully saturated rings. The third-order valence-electron chi connectivity index (χ3n) is 4.33. The zero-order valence-corrected chi connectivity index (χ0v) is 16.1. The number of phenolic OH excluding ortho intramolecular Hbond substituents is 1. The van der Waals surface area contributed by atoms with Crippen LogP contribution in [0, 0.1) is 5.92 Å². The first-order chi connectivity index (χ1) is 11.7. The summed E-state index contributed by atoms with van der Waals surface area (Å²) in [6.07, 6.45) is 2.43. The Morgan fingerprint density at radius 3 is 2.72 bits per heavy atom. The Balaban J connectivity index is 1.97. The van der Waals surface area contributed by atoms with Crippen LogP contribution >= 0.6 is 0 Å². The molecule has 2 rings (SSSR count). The third-order valence-corrected chi connectivity index (χ3v) is 4.33. The van der Waals surface area contributed by atoms with Crippen LogP contribution in [0.1, 0.15) is 64.6 Å². The van der Waals surface area contributed by atoms with Gasteiger partial charge in [-0.25, -0.2) is 4.79 Å². The highest BCUT2D eigenvalue weighted by molar-refractivity contribution is 5.67. The molecule has 5 heteroatoms. The highest BCUT2D eigenvalue weighted by Crippen LogP contribution is 2.36. The lowest BCUT2D eigenvalue weighted by atomic mass is 10.0. The average Bonchev–Trinajstić information content (AvgIpc) is 2.87. The minimum atomic E-state index is -0.493. The van der Waals surface area contributed by atoms with Crippen LogP contribution in [0.5, 0.6) is 5.75 Å². The lowest BCUT2D eigenvalue weighted by molar-refractivity contribution is 0.0520. The highest BCUT2D eigenvalue weighted by atomic mass is 16.6. The van der Waals surface area contributed by atoms with Crippen molar-refractivity contribution in [2.75, 3.05) is 6.54 Å². The summed E-state index contributed by atoms with van der Waals surface area (Å²) in [7, 11) is 0. The molecule has 25 heavy (non-hydrogen) atoms. The normalized spacial score (nSPS) is 18.1. The summed E-state index contributed by atoms with van der Waals surface area (Å²) in [5.74, 6) is 0.900. The van der Waals surface area contributed by atoms with Gasteiger partial charge in [0.2, 0.25) is 0 Å². The SMILES string of the molecule is CC(C)CC(CNC(=O)OC(C)(C)C)NC1CCc2c(O)cccc21. The van der Waals surface area contributed by atoms with E-state index in [-0.39, 0.29) is 18.2 Å². The fourth-order valence-corrected chi connectivity index (χ4v) is 3.39. The number of carbonyl (C=O) groups is 1. The van der Waals surface area contributed by atoms with E-state index in [0.29, 0.717) is 18.2 Å². The number of amides is 1. The van der Waals surface area contributed by atoms with Crippen molar-refractivity contribution < 1.29 is 14.6 Å². The van der Waals surface area contributed by atoms with E-state index >= 15 is 0 Å². The molecule has 140 valence electrons. The molecule has 2 atom stereocenters. The monoisotopic (exact) mass is 348 g/mol. The Morgan fingerprint density at radius 1 is 1.36 bits per heavy atom. The van der Waals surface area contributed by atoms with Gasteiger partial charge in [0.25, 0.3) is 0 Å². The largest absolute Gasteiger partial charge is 0.508 e. The van der Waals surface area contributed by atoms with Gasteiger partial charge in [-0.3, -0.25) is 0 Å². The number of ether oxygens (including phenoxy) is 1. The van der Waals surface area contributed by atoms with Crippen LogP contribution in [0.15, 0.2) is 18.2 Å². The Kier molecular flexibility index (Phi) is 6.33. The summed E-state index contributed by atoms with van der Waals surface area (Å²) in [5, 5.41) is 16.6. The van der Waals surface area contributed by atoms with E-state index in [1.165, 1.54) is 5.56 Å². The van der Waals surface area contributed by atoms with E-state index in [1.54, 1.807) is 6.07 Å². The van der Waals surface area contributed by atoms with Crippen LogP contribution in [-0.2, 0) is 11.2 Å². The predicted octanol–water partition coefficient (Wildman–Crippen LogP) is 3.91. The first-order valence-electron chi connectivity index (χ1n) is 9.19. The Hall–Kier alpha value is -1.75. The van der Waals surface area contributed by atoms with Gasteiger partial charge in [-0.15, -0.1) is 0 Å². The number of carbonyl (C=O) groups excluding carboxylic acids is 1. The molecule has 0 aromatic heterocycles. The first kappa shape index (κ1) is 19.6. The molecule has 1 aliphatic carbocycles. The fourth-order valence-electron chi connectivity index (χ4n) is 3.39. The maximum Gasteiger partial charge on any atom is 0.407 e. The molecule has 2 unspecified atom stereocenters. The molecule has 0 saturated heterocycles. The van der Waals surface area contributed by atoms with Crippen molar-refractivity contribution in [3.8, 4) is 5.75 Å². The fraction of sp³-hybridized carbons (Fsp3) is 0.650. The quantitative estimate of drug-likeness (QED) is 0.729. The molecule has 0 saturated carbocycles. The van der Waals surface area contributed by atoms with Gasteiger partial charge >= 0.3 is 6.09 Å². The minimum Gasteiger partial charge on any atom is -0.508 e. The zero-order valence-electron chi connectivity index (χ0n) is 16.1. The Bertz CT molecular complexity index is 593. The van der Waals surface area contributed by atoms with E-state index in [1.807, 2.05) is 26.8 Å². The number of nitrogens with one attached hydrogen (secondary N) is 2. The molecule has 1 amide bonds. The first-order valence-corrected chi connectivity index (χ1v) is 9.19. The van der Waals surface area contributed by atoms with Crippen molar-refractivity contribution in [3.63, 3.8) is 0 Å². The molecule has 0 radical (unpaired) electrons. The van der Waals surface area contributed by atoms with Crippen LogP contribution in [0.25, 0.3) is 0 Å². The average molecular weight is 348 g/mol. The molecule has 1 aromatic carbocycles. The second kappa shape index (κ2) is 8.09. The molecule has 1 aromatic rings. The summed E-state index contributed by atoms with van der Waals surface area (Å²) < 4.78 is 5.32. The van der Waals surface area contributed by atoms with Gasteiger partial charge in [0.15, 0.2) is 0 Å². The van der Waals surface area contributed by atoms with Crippen molar-refractivity contribution in [3.05, 3.63) is 29.3 Å². The molecule has 0 aliphatic heterocycles. The standard InChI is InChI=1S/C20H32N2O3/c1-13(2)11-14(12-21-19(24)25-20(3,4)5)22-17-10-9-16-15(17)7-6-8-18(16)23/h6-8,13-14,17,22-23H,9-12H2,1-5H3,(H,21,24). The molecular weight excluding hydrogens is 316 g/mol. The highest BCUT2D eigenvalue weighted by Gasteiger charge is 2.27. The smallest absolute Gasteiger partial charge is 0.407 e. The molecule has 3 N–H and O–H groups in total. The molecule has 0 heterocycles. The van der Waals surface area contributed by atoms with Crippen LogP contribution in [-0.4, -0.2) is 29.4 Å². The van der Waals surface area contributed by atoms with Gasteiger partial charge in [0.05, 0.1) is 0 Å². The summed E-state index contributed by atoms with van der Waals surface area (Å²) in [5.41, 5.74) is 1.72. The number of benzene rings is 1. The second-order valence-electron chi connectivity index (χ2n) is 8.31. The van der Waals surface area contributed by atoms with Gasteiger partial charge < -0.3 is 20.5 Å². The third kappa shape index (κ3) is 5.92. The van der Waals surface area contributed by atoms with Crippen molar-refractivity contribution in [2.24, 2.45) is 5.92 Å². The predicted molar refractivity (Wildman–Crippen MR) is 99.8 cm³/mol. The van der Waals surface area contributed by atoms with E-state index in [4.69, 9.17) is 4.74 Å². The topological polar surface area (TPSA) is 70.6 Å². The molecule has 0 bridgehead atoms. The van der Waals surface area contributed by atoms with Gasteiger partial charge in [0.1, 0.15) is 11.4 Å². The van der Waals surface area contributed by atoms with Crippen molar-refractivity contribution in [1.29, 1.82) is 0 Å². The summed E-state index contributed by atoms with van der Waals surface area (Å²) in [4.78, 5) is 11.9. The van der Waals surface area contributed by atoms with Crippen LogP contribution < -0.4 is 10.6 Å². The molecule has 0 spiro atoms. The maximum absolute atomic E-state index is 11.9. The second-order valence-corrected chi connectivity index (χ2v) is 8.31. The van der Waals surface area contributed by atoms with Gasteiger partial charge in [-0.1, -0.05) is 26.0 Å². The van der Waals surface area contributed by atoms with Gasteiger partial charge in [0, 0.05) is 18.6 Å². The number of aromatic hydroxyl groups is 1. The number of hydrogen-bond donors (Lipinski definition) is 3. The number of fused-ring (bicyclic) bond motifs is 1. The number of rotatable bonds is 6. The van der Waals surface area contributed by atoms with E-state index in [2.05, 4.69) is 30.5 Å². The molecule has 1 aliphatic rings. The number of phenols is 1.